The molecule has 1 aliphatic rings. The van der Waals surface area contributed by atoms with Crippen LogP contribution in [-0.4, -0.2) is 54.3 Å². The van der Waals surface area contributed by atoms with Crippen molar-refractivity contribution in [1.29, 1.82) is 0 Å². The van der Waals surface area contributed by atoms with Crippen molar-refractivity contribution in [2.24, 2.45) is 0 Å². The standard InChI is InChI=1S/C20H23N3O2S/c1-2-22-12-14-23(15-13-22)20(25)19(24)21-17-10-6-7-11-18(17)26-16-8-4-3-5-9-16/h3-11H,2,12-15H2,1H3,(H,21,24). The Morgan fingerprint density at radius 2 is 1.62 bits per heavy atom. The third-order valence-electron chi connectivity index (χ3n) is 4.41. The molecule has 5 nitrogen and oxygen atoms in total. The molecule has 0 aromatic heterocycles. The van der Waals surface area contributed by atoms with Gasteiger partial charge >= 0.3 is 11.8 Å². The summed E-state index contributed by atoms with van der Waals surface area (Å²) in [6, 6.07) is 17.5. The van der Waals surface area contributed by atoms with Gasteiger partial charge in [-0.3, -0.25) is 9.59 Å². The summed E-state index contributed by atoms with van der Waals surface area (Å²) in [7, 11) is 0. The Hall–Kier alpha value is -2.31. The molecule has 1 fully saturated rings. The second-order valence-corrected chi connectivity index (χ2v) is 7.21. The molecule has 1 saturated heterocycles. The van der Waals surface area contributed by atoms with Crippen LogP contribution in [0.25, 0.3) is 0 Å². The lowest BCUT2D eigenvalue weighted by atomic mass is 10.3. The van der Waals surface area contributed by atoms with E-state index in [-0.39, 0.29) is 0 Å². The van der Waals surface area contributed by atoms with Crippen LogP contribution in [0.1, 0.15) is 6.92 Å². The Kier molecular flexibility index (Phi) is 6.30. The normalized spacial score (nSPS) is 14.9. The fourth-order valence-corrected chi connectivity index (χ4v) is 3.78. The van der Waals surface area contributed by atoms with Crippen LogP contribution < -0.4 is 5.32 Å². The first-order valence-electron chi connectivity index (χ1n) is 8.82. The number of piperazine rings is 1. The molecule has 6 heteroatoms. The highest BCUT2D eigenvalue weighted by atomic mass is 32.2. The predicted octanol–water partition coefficient (Wildman–Crippen LogP) is 2.94. The highest BCUT2D eigenvalue weighted by molar-refractivity contribution is 7.99. The number of carbonyl (C=O) groups is 2. The van der Waals surface area contributed by atoms with Gasteiger partial charge in [0.2, 0.25) is 0 Å². The van der Waals surface area contributed by atoms with Crippen molar-refractivity contribution in [3.63, 3.8) is 0 Å². The summed E-state index contributed by atoms with van der Waals surface area (Å²) >= 11 is 1.56. The van der Waals surface area contributed by atoms with Gasteiger partial charge in [-0.15, -0.1) is 0 Å². The van der Waals surface area contributed by atoms with E-state index < -0.39 is 11.8 Å². The Morgan fingerprint density at radius 3 is 2.31 bits per heavy atom. The fraction of sp³-hybridized carbons (Fsp3) is 0.300. The van der Waals surface area contributed by atoms with E-state index in [0.29, 0.717) is 18.8 Å². The molecule has 1 N–H and O–H groups in total. The van der Waals surface area contributed by atoms with Crippen LogP contribution in [0.4, 0.5) is 5.69 Å². The van der Waals surface area contributed by atoms with Crippen molar-refractivity contribution in [2.75, 3.05) is 38.0 Å². The molecule has 0 saturated carbocycles. The van der Waals surface area contributed by atoms with Crippen molar-refractivity contribution in [2.45, 2.75) is 16.7 Å². The SMILES string of the molecule is CCN1CCN(C(=O)C(=O)Nc2ccccc2Sc2ccccc2)CC1. The van der Waals surface area contributed by atoms with E-state index in [2.05, 4.69) is 17.1 Å². The minimum atomic E-state index is -0.573. The van der Waals surface area contributed by atoms with E-state index in [1.54, 1.807) is 16.7 Å². The van der Waals surface area contributed by atoms with Crippen LogP contribution in [0, 0.1) is 0 Å². The lowest BCUT2D eigenvalue weighted by Gasteiger charge is -2.33. The third kappa shape index (κ3) is 4.65. The molecule has 0 unspecified atom stereocenters. The van der Waals surface area contributed by atoms with Crippen molar-refractivity contribution >= 4 is 29.3 Å². The van der Waals surface area contributed by atoms with Crippen molar-refractivity contribution < 1.29 is 9.59 Å². The highest BCUT2D eigenvalue weighted by Crippen LogP contribution is 2.33. The number of rotatable bonds is 4. The van der Waals surface area contributed by atoms with E-state index in [9.17, 15) is 9.59 Å². The van der Waals surface area contributed by atoms with Crippen LogP contribution >= 0.6 is 11.8 Å². The van der Waals surface area contributed by atoms with Crippen molar-refractivity contribution in [1.82, 2.24) is 9.80 Å². The van der Waals surface area contributed by atoms with Crippen molar-refractivity contribution in [3.05, 3.63) is 54.6 Å². The molecule has 2 aromatic rings. The predicted molar refractivity (Wildman–Crippen MR) is 104 cm³/mol. The van der Waals surface area contributed by atoms with Gasteiger partial charge < -0.3 is 15.1 Å². The molecule has 2 aromatic carbocycles. The summed E-state index contributed by atoms with van der Waals surface area (Å²) in [5, 5.41) is 2.79. The number of benzene rings is 2. The van der Waals surface area contributed by atoms with Gasteiger partial charge in [0.1, 0.15) is 0 Å². The first kappa shape index (κ1) is 18.5. The number of likely N-dealkylation sites (N-methyl/N-ethyl adjacent to an activating group) is 1. The smallest absolute Gasteiger partial charge is 0.313 e. The topological polar surface area (TPSA) is 52.7 Å². The molecule has 26 heavy (non-hydrogen) atoms. The van der Waals surface area contributed by atoms with Crippen LogP contribution in [0.3, 0.4) is 0 Å². The largest absolute Gasteiger partial charge is 0.332 e. The van der Waals surface area contributed by atoms with Gasteiger partial charge in [0, 0.05) is 36.0 Å². The number of anilines is 1. The van der Waals surface area contributed by atoms with Crippen LogP contribution in [0.15, 0.2) is 64.4 Å². The molecule has 136 valence electrons. The lowest BCUT2D eigenvalue weighted by molar-refractivity contribution is -0.144. The van der Waals surface area contributed by atoms with Gasteiger partial charge in [0.15, 0.2) is 0 Å². The van der Waals surface area contributed by atoms with Crippen molar-refractivity contribution in [3.8, 4) is 0 Å². The van der Waals surface area contributed by atoms with Gasteiger partial charge in [-0.05, 0) is 30.8 Å². The number of nitrogens with zero attached hydrogens (tertiary/aromatic N) is 2. The summed E-state index contributed by atoms with van der Waals surface area (Å²) in [5.74, 6) is -1.03. The van der Waals surface area contributed by atoms with Gasteiger partial charge in [-0.2, -0.15) is 0 Å². The average molecular weight is 369 g/mol. The zero-order chi connectivity index (χ0) is 18.4. The Labute approximate surface area is 158 Å². The maximum Gasteiger partial charge on any atom is 0.313 e. The second kappa shape index (κ2) is 8.87. The fourth-order valence-electron chi connectivity index (χ4n) is 2.86. The summed E-state index contributed by atoms with van der Waals surface area (Å²) in [5.41, 5.74) is 0.659. The molecule has 0 radical (unpaired) electrons. The average Bonchev–Trinajstić information content (AvgIpc) is 2.69. The molecular formula is C20H23N3O2S. The molecule has 0 atom stereocenters. The van der Waals surface area contributed by atoms with Gasteiger partial charge in [0.05, 0.1) is 5.69 Å². The molecule has 0 bridgehead atoms. The van der Waals surface area contributed by atoms with E-state index in [0.717, 1.165) is 29.4 Å². The zero-order valence-electron chi connectivity index (χ0n) is 14.9. The summed E-state index contributed by atoms with van der Waals surface area (Å²) in [4.78, 5) is 30.8. The van der Waals surface area contributed by atoms with Crippen LogP contribution in [0.5, 0.6) is 0 Å². The summed E-state index contributed by atoms with van der Waals surface area (Å²) in [6.45, 7) is 5.90. The zero-order valence-corrected chi connectivity index (χ0v) is 15.7. The second-order valence-electron chi connectivity index (χ2n) is 6.09. The number of amides is 2. The maximum atomic E-state index is 12.5. The number of nitrogens with one attached hydrogen (secondary N) is 1. The van der Waals surface area contributed by atoms with E-state index in [1.165, 1.54) is 0 Å². The lowest BCUT2D eigenvalue weighted by Crippen LogP contribution is -2.51. The Morgan fingerprint density at radius 1 is 0.962 bits per heavy atom. The number of hydrogen-bond acceptors (Lipinski definition) is 4. The number of carbonyl (C=O) groups excluding carboxylic acids is 2. The maximum absolute atomic E-state index is 12.5. The minimum absolute atomic E-state index is 0.458. The van der Waals surface area contributed by atoms with Gasteiger partial charge in [-0.25, -0.2) is 0 Å². The van der Waals surface area contributed by atoms with E-state index in [4.69, 9.17) is 0 Å². The first-order valence-corrected chi connectivity index (χ1v) is 9.63. The van der Waals surface area contributed by atoms with Crippen LogP contribution in [0.2, 0.25) is 0 Å². The Bertz CT molecular complexity index is 759. The highest BCUT2D eigenvalue weighted by Gasteiger charge is 2.25. The van der Waals surface area contributed by atoms with Gasteiger partial charge in [-0.1, -0.05) is 49.0 Å². The van der Waals surface area contributed by atoms with Gasteiger partial charge in [0.25, 0.3) is 0 Å². The minimum Gasteiger partial charge on any atom is -0.332 e. The molecule has 1 heterocycles. The molecule has 2 amide bonds. The molecule has 1 aliphatic heterocycles. The summed E-state index contributed by atoms with van der Waals surface area (Å²) < 4.78 is 0. The van der Waals surface area contributed by atoms with E-state index in [1.807, 2.05) is 54.6 Å². The number of para-hydroxylation sites is 1. The molecule has 3 rings (SSSR count). The Balaban J connectivity index is 1.65. The monoisotopic (exact) mass is 369 g/mol. The number of hydrogen-bond donors (Lipinski definition) is 1. The third-order valence-corrected chi connectivity index (χ3v) is 5.49. The first-order chi connectivity index (χ1) is 12.7. The molecule has 0 spiro atoms. The quantitative estimate of drug-likeness (QED) is 0.842. The molecular weight excluding hydrogens is 346 g/mol. The van der Waals surface area contributed by atoms with E-state index >= 15 is 0 Å². The molecule has 0 aliphatic carbocycles. The van der Waals surface area contributed by atoms with Crippen LogP contribution in [-0.2, 0) is 9.59 Å². The summed E-state index contributed by atoms with van der Waals surface area (Å²) in [6.07, 6.45) is 0.